The van der Waals surface area contributed by atoms with Crippen LogP contribution in [0.5, 0.6) is 0 Å². The molecule has 0 saturated carbocycles. The van der Waals surface area contributed by atoms with Crippen molar-refractivity contribution in [3.63, 3.8) is 0 Å². The van der Waals surface area contributed by atoms with Gasteiger partial charge < -0.3 is 15.4 Å². The zero-order valence-electron chi connectivity index (χ0n) is 14.6. The molecule has 142 valence electrons. The van der Waals surface area contributed by atoms with Crippen molar-refractivity contribution >= 4 is 5.91 Å². The zero-order valence-corrected chi connectivity index (χ0v) is 14.6. The number of methoxy groups -OCH3 is 1. The van der Waals surface area contributed by atoms with Crippen LogP contribution in [0.2, 0.25) is 0 Å². The fraction of sp³-hybridized carbons (Fsp3) is 0.412. The minimum absolute atomic E-state index is 0.190. The molecule has 6 nitrogen and oxygen atoms in total. The predicted molar refractivity (Wildman–Crippen MR) is 90.4 cm³/mol. The van der Waals surface area contributed by atoms with E-state index in [0.29, 0.717) is 25.3 Å². The monoisotopic (exact) mass is 370 g/mol. The van der Waals surface area contributed by atoms with Crippen LogP contribution in [0.15, 0.2) is 30.5 Å². The summed E-state index contributed by atoms with van der Waals surface area (Å²) in [6.07, 6.45) is -3.77. The lowest BCUT2D eigenvalue weighted by Gasteiger charge is -2.14. The summed E-state index contributed by atoms with van der Waals surface area (Å²) >= 11 is 0. The number of nitrogens with zero attached hydrogens (tertiary/aromatic N) is 2. The van der Waals surface area contributed by atoms with Crippen molar-refractivity contribution in [3.05, 3.63) is 47.3 Å². The molecule has 0 fully saturated rings. The summed E-state index contributed by atoms with van der Waals surface area (Å²) in [7, 11) is 1.56. The number of ether oxygens (including phenoxy) is 1. The number of aromatic nitrogens is 2. The fourth-order valence-corrected chi connectivity index (χ4v) is 2.43. The second-order valence-electron chi connectivity index (χ2n) is 5.60. The second kappa shape index (κ2) is 8.81. The quantitative estimate of drug-likeness (QED) is 0.699. The lowest BCUT2D eigenvalue weighted by Crippen LogP contribution is -2.34. The van der Waals surface area contributed by atoms with Crippen LogP contribution in [0, 0.1) is 6.92 Å². The van der Waals surface area contributed by atoms with Crippen molar-refractivity contribution in [2.75, 3.05) is 33.4 Å². The molecule has 0 unspecified atom stereocenters. The number of amides is 1. The van der Waals surface area contributed by atoms with E-state index in [-0.39, 0.29) is 12.2 Å². The van der Waals surface area contributed by atoms with Crippen LogP contribution in [0.1, 0.15) is 21.6 Å². The molecule has 0 atom stereocenters. The van der Waals surface area contributed by atoms with E-state index in [0.717, 1.165) is 10.9 Å². The molecule has 1 heterocycles. The van der Waals surface area contributed by atoms with Crippen molar-refractivity contribution in [1.82, 2.24) is 20.4 Å². The van der Waals surface area contributed by atoms with Crippen molar-refractivity contribution in [2.45, 2.75) is 13.1 Å². The van der Waals surface area contributed by atoms with E-state index < -0.39 is 23.3 Å². The molecule has 0 spiro atoms. The first kappa shape index (κ1) is 19.9. The number of benzene rings is 1. The highest BCUT2D eigenvalue weighted by atomic mass is 19.4. The summed E-state index contributed by atoms with van der Waals surface area (Å²) in [6, 6.07) is 6.55. The van der Waals surface area contributed by atoms with Crippen molar-refractivity contribution in [1.29, 1.82) is 0 Å². The Balaban J connectivity index is 2.19. The van der Waals surface area contributed by atoms with Gasteiger partial charge in [0.1, 0.15) is 0 Å². The highest BCUT2D eigenvalue weighted by Gasteiger charge is 2.40. The first-order chi connectivity index (χ1) is 12.4. The van der Waals surface area contributed by atoms with Crippen LogP contribution in [0.4, 0.5) is 13.2 Å². The Kier molecular flexibility index (Phi) is 6.76. The van der Waals surface area contributed by atoms with Gasteiger partial charge in [0.15, 0.2) is 5.69 Å². The van der Waals surface area contributed by atoms with E-state index in [2.05, 4.69) is 15.7 Å². The van der Waals surface area contributed by atoms with Gasteiger partial charge in [-0.25, -0.2) is 4.68 Å². The molecular weight excluding hydrogens is 349 g/mol. The van der Waals surface area contributed by atoms with E-state index in [1.807, 2.05) is 0 Å². The van der Waals surface area contributed by atoms with Crippen LogP contribution in [-0.4, -0.2) is 49.0 Å². The third-order valence-electron chi connectivity index (χ3n) is 3.70. The van der Waals surface area contributed by atoms with E-state index in [1.54, 1.807) is 32.2 Å². The van der Waals surface area contributed by atoms with E-state index >= 15 is 0 Å². The van der Waals surface area contributed by atoms with Crippen LogP contribution in [0.25, 0.3) is 5.69 Å². The fourth-order valence-electron chi connectivity index (χ4n) is 2.43. The molecule has 1 aromatic heterocycles. The third-order valence-corrected chi connectivity index (χ3v) is 3.70. The number of para-hydroxylation sites is 1. The van der Waals surface area contributed by atoms with Crippen LogP contribution >= 0.6 is 0 Å². The Morgan fingerprint density at radius 1 is 1.23 bits per heavy atom. The number of rotatable bonds is 8. The molecule has 0 aliphatic carbocycles. The molecule has 1 amide bonds. The smallest absolute Gasteiger partial charge is 0.383 e. The second-order valence-corrected chi connectivity index (χ2v) is 5.60. The standard InChI is InChI=1S/C17H21F3N4O2/c1-12-5-3-4-6-14(12)24-15(17(18,19)20)13(11-23-24)16(25)22-8-7-21-9-10-26-2/h3-6,11,21H,7-10H2,1-2H3,(H,22,25). The van der Waals surface area contributed by atoms with E-state index in [1.165, 1.54) is 6.07 Å². The Morgan fingerprint density at radius 3 is 2.62 bits per heavy atom. The number of nitrogens with one attached hydrogen (secondary N) is 2. The normalized spacial score (nSPS) is 11.6. The number of carbonyl (C=O) groups is 1. The summed E-state index contributed by atoms with van der Waals surface area (Å²) in [5.74, 6) is -0.814. The topological polar surface area (TPSA) is 68.2 Å². The van der Waals surface area contributed by atoms with Gasteiger partial charge in [0.25, 0.3) is 5.91 Å². The van der Waals surface area contributed by atoms with Crippen LogP contribution < -0.4 is 10.6 Å². The maximum atomic E-state index is 13.6. The van der Waals surface area contributed by atoms with E-state index in [9.17, 15) is 18.0 Å². The zero-order chi connectivity index (χ0) is 19.2. The van der Waals surface area contributed by atoms with Crippen LogP contribution in [0.3, 0.4) is 0 Å². The van der Waals surface area contributed by atoms with Gasteiger partial charge in [-0.2, -0.15) is 18.3 Å². The molecule has 9 heteroatoms. The first-order valence-corrected chi connectivity index (χ1v) is 8.05. The number of alkyl halides is 3. The third kappa shape index (κ3) is 4.83. The Morgan fingerprint density at radius 2 is 1.96 bits per heavy atom. The van der Waals surface area contributed by atoms with Gasteiger partial charge in [-0.15, -0.1) is 0 Å². The van der Waals surface area contributed by atoms with Gasteiger partial charge in [0.2, 0.25) is 0 Å². The van der Waals surface area contributed by atoms with Crippen molar-refractivity contribution < 1.29 is 22.7 Å². The average Bonchev–Trinajstić information content (AvgIpc) is 3.03. The average molecular weight is 370 g/mol. The van der Waals surface area contributed by atoms with Gasteiger partial charge in [-0.1, -0.05) is 18.2 Å². The maximum Gasteiger partial charge on any atom is 0.434 e. The van der Waals surface area contributed by atoms with Crippen molar-refractivity contribution in [3.8, 4) is 5.69 Å². The van der Waals surface area contributed by atoms with Gasteiger partial charge >= 0.3 is 6.18 Å². The molecule has 2 aromatic rings. The summed E-state index contributed by atoms with van der Waals surface area (Å²) in [5.41, 5.74) is -0.690. The molecule has 0 radical (unpaired) electrons. The summed E-state index contributed by atoms with van der Waals surface area (Å²) < 4.78 is 46.4. The first-order valence-electron chi connectivity index (χ1n) is 8.05. The SMILES string of the molecule is COCCNCCNC(=O)c1cnn(-c2ccccc2C)c1C(F)(F)F. The predicted octanol–water partition coefficient (Wildman–Crippen LogP) is 2.17. The summed E-state index contributed by atoms with van der Waals surface area (Å²) in [5, 5.41) is 9.27. The van der Waals surface area contributed by atoms with Gasteiger partial charge in [-0.05, 0) is 18.6 Å². The number of carbonyl (C=O) groups excluding carboxylic acids is 1. The van der Waals surface area contributed by atoms with Crippen LogP contribution in [-0.2, 0) is 10.9 Å². The summed E-state index contributed by atoms with van der Waals surface area (Å²) in [6.45, 7) is 3.39. The largest absolute Gasteiger partial charge is 0.434 e. The Bertz CT molecular complexity index is 744. The molecule has 2 N–H and O–H groups in total. The van der Waals surface area contributed by atoms with E-state index in [4.69, 9.17) is 4.74 Å². The highest BCUT2D eigenvalue weighted by Crippen LogP contribution is 2.34. The number of aryl methyl sites for hydroxylation is 1. The Labute approximate surface area is 149 Å². The lowest BCUT2D eigenvalue weighted by atomic mass is 10.1. The minimum atomic E-state index is -4.72. The number of hydrogen-bond donors (Lipinski definition) is 2. The van der Waals surface area contributed by atoms with Gasteiger partial charge in [0.05, 0.1) is 24.1 Å². The molecule has 0 aliphatic heterocycles. The molecule has 1 aromatic carbocycles. The van der Waals surface area contributed by atoms with Gasteiger partial charge in [-0.3, -0.25) is 4.79 Å². The molecule has 0 bridgehead atoms. The van der Waals surface area contributed by atoms with Gasteiger partial charge in [0, 0.05) is 26.7 Å². The molecule has 26 heavy (non-hydrogen) atoms. The molecule has 0 saturated heterocycles. The minimum Gasteiger partial charge on any atom is -0.383 e. The number of halogens is 3. The molecular formula is C17H21F3N4O2. The Hall–Kier alpha value is -2.39. The van der Waals surface area contributed by atoms with Crippen molar-refractivity contribution in [2.24, 2.45) is 0 Å². The maximum absolute atomic E-state index is 13.6. The molecule has 0 aliphatic rings. The summed E-state index contributed by atoms with van der Waals surface area (Å²) in [4.78, 5) is 12.2. The number of hydrogen-bond acceptors (Lipinski definition) is 4. The molecule has 2 rings (SSSR count). The highest BCUT2D eigenvalue weighted by molar-refractivity contribution is 5.95. The lowest BCUT2D eigenvalue weighted by molar-refractivity contribution is -0.143.